The van der Waals surface area contributed by atoms with Gasteiger partial charge < -0.3 is 9.47 Å². The summed E-state index contributed by atoms with van der Waals surface area (Å²) in [5.74, 6) is 2.87. The minimum atomic E-state index is 0.155. The fourth-order valence-corrected chi connectivity index (χ4v) is 2.01. The maximum atomic E-state index is 5.94. The highest BCUT2D eigenvalue weighted by Gasteiger charge is 2.33. The van der Waals surface area contributed by atoms with Crippen LogP contribution in [0, 0.1) is 11.8 Å². The van der Waals surface area contributed by atoms with Gasteiger partial charge in [-0.1, -0.05) is 26.8 Å². The molecule has 0 aromatic heterocycles. The molecule has 2 aliphatic rings. The van der Waals surface area contributed by atoms with Crippen molar-refractivity contribution in [2.45, 2.75) is 26.9 Å². The molecule has 1 aliphatic heterocycles. The standard InChI is InChI=1S/C13H18O2/c1-8(2)12-7-10-11(14-4)6-5-9(3)13(10)15-12/h5-9,13H,1-4H3. The van der Waals surface area contributed by atoms with Crippen LogP contribution in [-0.2, 0) is 9.47 Å². The van der Waals surface area contributed by atoms with Crippen LogP contribution in [0.3, 0.4) is 0 Å². The molecule has 2 heteroatoms. The minimum absolute atomic E-state index is 0.155. The first-order chi connectivity index (χ1) is 7.13. The number of fused-ring (bicyclic) bond motifs is 1. The highest BCUT2D eigenvalue weighted by molar-refractivity contribution is 5.42. The number of methoxy groups -OCH3 is 1. The van der Waals surface area contributed by atoms with E-state index in [2.05, 4.69) is 32.9 Å². The van der Waals surface area contributed by atoms with Crippen LogP contribution in [0.25, 0.3) is 0 Å². The molecule has 0 radical (unpaired) electrons. The van der Waals surface area contributed by atoms with Gasteiger partial charge in [0.25, 0.3) is 0 Å². The monoisotopic (exact) mass is 206 g/mol. The van der Waals surface area contributed by atoms with E-state index in [-0.39, 0.29) is 6.10 Å². The van der Waals surface area contributed by atoms with Gasteiger partial charge in [0, 0.05) is 17.4 Å². The Kier molecular flexibility index (Phi) is 2.59. The summed E-state index contributed by atoms with van der Waals surface area (Å²) in [6.07, 6.45) is 6.47. The van der Waals surface area contributed by atoms with E-state index in [4.69, 9.17) is 9.47 Å². The summed E-state index contributed by atoms with van der Waals surface area (Å²) in [5.41, 5.74) is 1.19. The van der Waals surface area contributed by atoms with Crippen molar-refractivity contribution in [3.63, 3.8) is 0 Å². The third-order valence-corrected chi connectivity index (χ3v) is 2.97. The van der Waals surface area contributed by atoms with Gasteiger partial charge in [0.2, 0.25) is 0 Å². The molecule has 0 saturated heterocycles. The third kappa shape index (κ3) is 1.69. The average Bonchev–Trinajstić information content (AvgIpc) is 2.64. The van der Waals surface area contributed by atoms with Gasteiger partial charge in [-0.05, 0) is 12.2 Å². The Morgan fingerprint density at radius 1 is 1.40 bits per heavy atom. The zero-order chi connectivity index (χ0) is 11.0. The molecule has 0 aromatic carbocycles. The van der Waals surface area contributed by atoms with Crippen LogP contribution in [-0.4, -0.2) is 13.2 Å². The lowest BCUT2D eigenvalue weighted by Crippen LogP contribution is -2.22. The summed E-state index contributed by atoms with van der Waals surface area (Å²) < 4.78 is 11.3. The first-order valence-electron chi connectivity index (χ1n) is 5.48. The summed E-state index contributed by atoms with van der Waals surface area (Å²) in [4.78, 5) is 0. The molecule has 1 aliphatic carbocycles. The lowest BCUT2D eigenvalue weighted by atomic mass is 9.92. The van der Waals surface area contributed by atoms with Crippen LogP contribution in [0.15, 0.2) is 35.3 Å². The van der Waals surface area contributed by atoms with Crippen molar-refractivity contribution in [3.05, 3.63) is 35.3 Å². The second-order valence-corrected chi connectivity index (χ2v) is 4.48. The van der Waals surface area contributed by atoms with Crippen LogP contribution in [0.5, 0.6) is 0 Å². The first-order valence-corrected chi connectivity index (χ1v) is 5.48. The van der Waals surface area contributed by atoms with Gasteiger partial charge in [0.05, 0.1) is 12.9 Å². The van der Waals surface area contributed by atoms with Crippen LogP contribution in [0.2, 0.25) is 0 Å². The molecule has 15 heavy (non-hydrogen) atoms. The summed E-state index contributed by atoms with van der Waals surface area (Å²) >= 11 is 0. The SMILES string of the molecule is COC1=C2C=C(C(C)C)OC2C(C)C=C1. The Balaban J connectivity index is 2.35. The topological polar surface area (TPSA) is 18.5 Å². The quantitative estimate of drug-likeness (QED) is 0.691. The smallest absolute Gasteiger partial charge is 0.133 e. The van der Waals surface area contributed by atoms with Crippen molar-refractivity contribution < 1.29 is 9.47 Å². The molecule has 2 rings (SSSR count). The lowest BCUT2D eigenvalue weighted by molar-refractivity contribution is 0.112. The van der Waals surface area contributed by atoms with Crippen molar-refractivity contribution in [3.8, 4) is 0 Å². The molecule has 2 atom stereocenters. The molecule has 1 heterocycles. The van der Waals surface area contributed by atoms with Gasteiger partial charge in [-0.3, -0.25) is 0 Å². The van der Waals surface area contributed by atoms with Gasteiger partial charge >= 0.3 is 0 Å². The highest BCUT2D eigenvalue weighted by atomic mass is 16.5. The molecule has 0 amide bonds. The largest absolute Gasteiger partial charge is 0.496 e. The van der Waals surface area contributed by atoms with Crippen LogP contribution in [0.4, 0.5) is 0 Å². The van der Waals surface area contributed by atoms with Gasteiger partial charge in [-0.2, -0.15) is 0 Å². The molecule has 82 valence electrons. The molecule has 0 fully saturated rings. The van der Waals surface area contributed by atoms with Gasteiger partial charge in [-0.25, -0.2) is 0 Å². The van der Waals surface area contributed by atoms with E-state index in [0.717, 1.165) is 11.5 Å². The van der Waals surface area contributed by atoms with E-state index >= 15 is 0 Å². The maximum absolute atomic E-state index is 5.94. The van der Waals surface area contributed by atoms with Crippen molar-refractivity contribution in [2.75, 3.05) is 7.11 Å². The Bertz CT molecular complexity index is 348. The van der Waals surface area contributed by atoms with E-state index in [9.17, 15) is 0 Å². The second-order valence-electron chi connectivity index (χ2n) is 4.48. The Morgan fingerprint density at radius 2 is 2.13 bits per heavy atom. The number of rotatable bonds is 2. The van der Waals surface area contributed by atoms with Crippen molar-refractivity contribution in [1.29, 1.82) is 0 Å². The van der Waals surface area contributed by atoms with Gasteiger partial charge in [-0.15, -0.1) is 0 Å². The first kappa shape index (κ1) is 10.3. The number of hydrogen-bond donors (Lipinski definition) is 0. The zero-order valence-corrected chi connectivity index (χ0v) is 9.78. The van der Waals surface area contributed by atoms with E-state index in [1.165, 1.54) is 5.57 Å². The van der Waals surface area contributed by atoms with E-state index < -0.39 is 0 Å². The summed E-state index contributed by atoms with van der Waals surface area (Å²) in [6, 6.07) is 0. The molecule has 0 spiro atoms. The normalized spacial score (nSPS) is 29.0. The molecular formula is C13H18O2. The Hall–Kier alpha value is -1.18. The number of allylic oxidation sites excluding steroid dienone is 2. The van der Waals surface area contributed by atoms with Gasteiger partial charge in [0.15, 0.2) is 0 Å². The summed E-state index contributed by atoms with van der Waals surface area (Å²) in [5, 5.41) is 0. The highest BCUT2D eigenvalue weighted by Crippen LogP contribution is 2.37. The molecule has 2 unspecified atom stereocenters. The summed E-state index contributed by atoms with van der Waals surface area (Å²) in [6.45, 7) is 6.47. The second kappa shape index (κ2) is 3.76. The fraction of sp³-hybridized carbons (Fsp3) is 0.538. The van der Waals surface area contributed by atoms with Gasteiger partial charge in [0.1, 0.15) is 11.9 Å². The zero-order valence-electron chi connectivity index (χ0n) is 9.78. The summed E-state index contributed by atoms with van der Waals surface area (Å²) in [7, 11) is 1.71. The fourth-order valence-electron chi connectivity index (χ4n) is 2.01. The Labute approximate surface area is 91.3 Å². The van der Waals surface area contributed by atoms with Crippen LogP contribution in [0.1, 0.15) is 20.8 Å². The minimum Gasteiger partial charge on any atom is -0.496 e. The molecule has 2 nitrogen and oxygen atoms in total. The van der Waals surface area contributed by atoms with E-state index in [1.807, 2.05) is 6.08 Å². The molecule has 0 aromatic rings. The maximum Gasteiger partial charge on any atom is 0.133 e. The van der Waals surface area contributed by atoms with Crippen LogP contribution < -0.4 is 0 Å². The Morgan fingerprint density at radius 3 is 2.73 bits per heavy atom. The molecular weight excluding hydrogens is 188 g/mol. The molecule has 0 bridgehead atoms. The molecule has 0 saturated carbocycles. The van der Waals surface area contributed by atoms with Crippen molar-refractivity contribution >= 4 is 0 Å². The van der Waals surface area contributed by atoms with Crippen LogP contribution >= 0.6 is 0 Å². The average molecular weight is 206 g/mol. The number of ether oxygens (including phenoxy) is 2. The lowest BCUT2D eigenvalue weighted by Gasteiger charge is -2.24. The predicted molar refractivity (Wildman–Crippen MR) is 60.1 cm³/mol. The van der Waals surface area contributed by atoms with E-state index in [1.54, 1.807) is 7.11 Å². The third-order valence-electron chi connectivity index (χ3n) is 2.97. The van der Waals surface area contributed by atoms with Crippen molar-refractivity contribution in [2.24, 2.45) is 11.8 Å². The number of hydrogen-bond acceptors (Lipinski definition) is 2. The van der Waals surface area contributed by atoms with Crippen molar-refractivity contribution in [1.82, 2.24) is 0 Å². The van der Waals surface area contributed by atoms with E-state index in [0.29, 0.717) is 11.8 Å². The molecule has 0 N–H and O–H groups in total. The predicted octanol–water partition coefficient (Wildman–Crippen LogP) is 3.03.